The van der Waals surface area contributed by atoms with Gasteiger partial charge in [0, 0.05) is 20.1 Å². The maximum absolute atomic E-state index is 4.26. The van der Waals surface area contributed by atoms with Crippen molar-refractivity contribution in [3.05, 3.63) is 35.9 Å². The predicted octanol–water partition coefficient (Wildman–Crippen LogP) is 2.85. The van der Waals surface area contributed by atoms with Gasteiger partial charge in [0.25, 0.3) is 0 Å². The van der Waals surface area contributed by atoms with Crippen LogP contribution in [0.15, 0.2) is 35.3 Å². The molecule has 0 spiro atoms. The van der Waals surface area contributed by atoms with Gasteiger partial charge in [0.05, 0.1) is 0 Å². The van der Waals surface area contributed by atoms with E-state index in [-0.39, 0.29) is 24.0 Å². The molecule has 1 fully saturated rings. The number of guanidine groups is 1. The molecule has 1 aliphatic rings. The number of hydrogen-bond acceptors (Lipinski definition) is 2. The van der Waals surface area contributed by atoms with E-state index in [4.69, 9.17) is 0 Å². The first kappa shape index (κ1) is 19.2. The molecular weight excluding hydrogens is 387 g/mol. The van der Waals surface area contributed by atoms with E-state index in [1.807, 2.05) is 13.1 Å². The second kappa shape index (κ2) is 11.7. The average Bonchev–Trinajstić information content (AvgIpc) is 3.04. The minimum absolute atomic E-state index is 0. The van der Waals surface area contributed by atoms with E-state index >= 15 is 0 Å². The fourth-order valence-corrected chi connectivity index (χ4v) is 2.68. The minimum atomic E-state index is 0. The summed E-state index contributed by atoms with van der Waals surface area (Å²) in [6.45, 7) is 5.65. The summed E-state index contributed by atoms with van der Waals surface area (Å²) in [5.41, 5.74) is 1.27. The van der Waals surface area contributed by atoms with Crippen LogP contribution in [0.4, 0.5) is 0 Å². The smallest absolute Gasteiger partial charge is 0.191 e. The topological polar surface area (TPSA) is 39.7 Å². The molecule has 0 aromatic heterocycles. The molecule has 1 saturated heterocycles. The third-order valence-corrected chi connectivity index (χ3v) is 3.92. The quantitative estimate of drug-likeness (QED) is 0.311. The molecular formula is C17H29IN4. The Morgan fingerprint density at radius 2 is 1.82 bits per heavy atom. The van der Waals surface area contributed by atoms with Crippen molar-refractivity contribution >= 4 is 29.9 Å². The Morgan fingerprint density at radius 3 is 2.50 bits per heavy atom. The molecule has 0 bridgehead atoms. The molecule has 1 aromatic carbocycles. The maximum atomic E-state index is 4.26. The van der Waals surface area contributed by atoms with Gasteiger partial charge >= 0.3 is 0 Å². The molecule has 0 radical (unpaired) electrons. The zero-order chi connectivity index (χ0) is 14.8. The molecule has 1 aliphatic heterocycles. The van der Waals surface area contributed by atoms with Crippen molar-refractivity contribution < 1.29 is 0 Å². The highest BCUT2D eigenvalue weighted by Gasteiger charge is 2.09. The monoisotopic (exact) mass is 416 g/mol. The van der Waals surface area contributed by atoms with Crippen molar-refractivity contribution in [1.82, 2.24) is 15.5 Å². The molecule has 1 aromatic rings. The molecule has 124 valence electrons. The van der Waals surface area contributed by atoms with E-state index in [1.165, 1.54) is 50.9 Å². The molecule has 0 atom stereocenters. The highest BCUT2D eigenvalue weighted by atomic mass is 127. The van der Waals surface area contributed by atoms with Gasteiger partial charge in [-0.15, -0.1) is 24.0 Å². The lowest BCUT2D eigenvalue weighted by Gasteiger charge is -2.15. The van der Waals surface area contributed by atoms with Crippen LogP contribution in [0.2, 0.25) is 0 Å². The van der Waals surface area contributed by atoms with Crippen LogP contribution in [0.5, 0.6) is 0 Å². The lowest BCUT2D eigenvalue weighted by molar-refractivity contribution is 0.330. The van der Waals surface area contributed by atoms with Gasteiger partial charge in [-0.25, -0.2) is 0 Å². The number of rotatable bonds is 7. The van der Waals surface area contributed by atoms with Gasteiger partial charge in [-0.05, 0) is 50.9 Å². The second-order valence-electron chi connectivity index (χ2n) is 5.59. The molecule has 0 unspecified atom stereocenters. The fraction of sp³-hybridized carbons (Fsp3) is 0.588. The number of nitrogens with zero attached hydrogens (tertiary/aromatic N) is 2. The molecule has 2 rings (SSSR count). The summed E-state index contributed by atoms with van der Waals surface area (Å²) in [5.74, 6) is 0.889. The first-order valence-corrected chi connectivity index (χ1v) is 8.09. The number of aliphatic imine (C=N–C) groups is 1. The van der Waals surface area contributed by atoms with Gasteiger partial charge in [-0.3, -0.25) is 4.99 Å². The zero-order valence-electron chi connectivity index (χ0n) is 13.6. The van der Waals surface area contributed by atoms with Crippen molar-refractivity contribution in [1.29, 1.82) is 0 Å². The molecule has 0 saturated carbocycles. The lowest BCUT2D eigenvalue weighted by Crippen LogP contribution is -2.37. The van der Waals surface area contributed by atoms with Crippen LogP contribution in [0.3, 0.4) is 0 Å². The van der Waals surface area contributed by atoms with E-state index in [0.29, 0.717) is 0 Å². The van der Waals surface area contributed by atoms with Crippen LogP contribution in [0.25, 0.3) is 0 Å². The average molecular weight is 416 g/mol. The van der Waals surface area contributed by atoms with Gasteiger partial charge in [0.2, 0.25) is 0 Å². The number of benzene rings is 1. The normalized spacial score (nSPS) is 15.4. The molecule has 5 heteroatoms. The van der Waals surface area contributed by atoms with E-state index in [1.54, 1.807) is 0 Å². The zero-order valence-corrected chi connectivity index (χ0v) is 15.9. The van der Waals surface area contributed by atoms with Crippen molar-refractivity contribution in [3.63, 3.8) is 0 Å². The van der Waals surface area contributed by atoms with Gasteiger partial charge in [-0.2, -0.15) is 0 Å². The number of hydrogen-bond donors (Lipinski definition) is 2. The maximum Gasteiger partial charge on any atom is 0.191 e. The van der Waals surface area contributed by atoms with Gasteiger partial charge in [-0.1, -0.05) is 30.3 Å². The van der Waals surface area contributed by atoms with Crippen LogP contribution in [0, 0.1) is 0 Å². The van der Waals surface area contributed by atoms with Crippen LogP contribution >= 0.6 is 24.0 Å². The Bertz CT molecular complexity index is 416. The van der Waals surface area contributed by atoms with E-state index in [2.05, 4.69) is 44.8 Å². The first-order valence-electron chi connectivity index (χ1n) is 8.09. The second-order valence-corrected chi connectivity index (χ2v) is 5.59. The summed E-state index contributed by atoms with van der Waals surface area (Å²) < 4.78 is 0. The van der Waals surface area contributed by atoms with Gasteiger partial charge in [0.15, 0.2) is 5.96 Å². The molecule has 2 N–H and O–H groups in total. The van der Waals surface area contributed by atoms with E-state index < -0.39 is 0 Å². The number of unbranched alkanes of at least 4 members (excludes halogenated alkanes) is 1. The minimum Gasteiger partial charge on any atom is -0.356 e. The van der Waals surface area contributed by atoms with Crippen LogP contribution in [-0.2, 0) is 6.54 Å². The molecule has 1 heterocycles. The summed E-state index contributed by atoms with van der Waals surface area (Å²) in [6, 6.07) is 10.4. The third kappa shape index (κ3) is 7.45. The predicted molar refractivity (Wildman–Crippen MR) is 105 cm³/mol. The molecule has 22 heavy (non-hydrogen) atoms. The number of halogens is 1. The van der Waals surface area contributed by atoms with Gasteiger partial charge < -0.3 is 15.5 Å². The molecule has 0 aliphatic carbocycles. The molecule has 0 amide bonds. The molecule has 4 nitrogen and oxygen atoms in total. The first-order chi connectivity index (χ1) is 10.4. The van der Waals surface area contributed by atoms with Gasteiger partial charge in [0.1, 0.15) is 0 Å². The van der Waals surface area contributed by atoms with Crippen LogP contribution in [-0.4, -0.2) is 44.1 Å². The SMILES string of the molecule is CN=C(NCCCCN1CCCC1)NCc1ccccc1.I. The Labute approximate surface area is 151 Å². The van der Waals surface area contributed by atoms with Crippen molar-refractivity contribution in [2.45, 2.75) is 32.2 Å². The van der Waals surface area contributed by atoms with E-state index in [0.717, 1.165) is 19.0 Å². The third-order valence-electron chi connectivity index (χ3n) is 3.92. The Hall–Kier alpha value is -0.820. The summed E-state index contributed by atoms with van der Waals surface area (Å²) in [6.07, 6.45) is 5.23. The highest BCUT2D eigenvalue weighted by Crippen LogP contribution is 2.07. The van der Waals surface area contributed by atoms with Crippen molar-refractivity contribution in [3.8, 4) is 0 Å². The Balaban J connectivity index is 0.00000242. The largest absolute Gasteiger partial charge is 0.356 e. The fourth-order valence-electron chi connectivity index (χ4n) is 2.68. The number of nitrogens with one attached hydrogen (secondary N) is 2. The Kier molecular flexibility index (Phi) is 10.2. The standard InChI is InChI=1S/C17H28N4.HI/c1-18-17(20-15-16-9-3-2-4-10-16)19-11-5-6-12-21-13-7-8-14-21;/h2-4,9-10H,5-8,11-15H2,1H3,(H2,18,19,20);1H. The van der Waals surface area contributed by atoms with Crippen molar-refractivity contribution in [2.24, 2.45) is 4.99 Å². The van der Waals surface area contributed by atoms with Crippen LogP contribution < -0.4 is 10.6 Å². The van der Waals surface area contributed by atoms with E-state index in [9.17, 15) is 0 Å². The highest BCUT2D eigenvalue weighted by molar-refractivity contribution is 14.0. The summed E-state index contributed by atoms with van der Waals surface area (Å²) in [5, 5.41) is 6.73. The lowest BCUT2D eigenvalue weighted by atomic mass is 10.2. The Morgan fingerprint density at radius 1 is 1.09 bits per heavy atom. The number of likely N-dealkylation sites (tertiary alicyclic amines) is 1. The summed E-state index contributed by atoms with van der Waals surface area (Å²) >= 11 is 0. The summed E-state index contributed by atoms with van der Waals surface area (Å²) in [7, 11) is 1.82. The van der Waals surface area contributed by atoms with Crippen molar-refractivity contribution in [2.75, 3.05) is 33.2 Å². The summed E-state index contributed by atoms with van der Waals surface area (Å²) in [4.78, 5) is 6.83. The van der Waals surface area contributed by atoms with Crippen LogP contribution in [0.1, 0.15) is 31.2 Å².